The van der Waals surface area contributed by atoms with Gasteiger partial charge in [-0.3, -0.25) is 9.59 Å². The Labute approximate surface area is 133 Å². The number of fused-ring (bicyclic) bond motifs is 1. The van der Waals surface area contributed by atoms with Gasteiger partial charge in [0.15, 0.2) is 0 Å². The lowest BCUT2D eigenvalue weighted by molar-refractivity contribution is -0.122. The first kappa shape index (κ1) is 14.1. The lowest BCUT2D eigenvalue weighted by Crippen LogP contribution is -2.34. The van der Waals surface area contributed by atoms with Gasteiger partial charge in [0, 0.05) is 9.65 Å². The van der Waals surface area contributed by atoms with Crippen LogP contribution in [0, 0.1) is 11.8 Å². The third-order valence-corrected chi connectivity index (χ3v) is 6.82. The molecule has 0 spiro atoms. The zero-order valence-corrected chi connectivity index (χ0v) is 13.8. The molecule has 2 fully saturated rings. The van der Waals surface area contributed by atoms with Crippen LogP contribution in [0.1, 0.15) is 12.8 Å². The van der Waals surface area contributed by atoms with E-state index < -0.39 is 0 Å². The highest BCUT2D eigenvalue weighted by atomic mass is 79.9. The van der Waals surface area contributed by atoms with Gasteiger partial charge in [0.25, 0.3) is 0 Å². The molecule has 1 aromatic carbocycles. The van der Waals surface area contributed by atoms with Crippen LogP contribution in [0.4, 0.5) is 11.4 Å². The fraction of sp³-hybridized carbons (Fsp3) is 0.429. The van der Waals surface area contributed by atoms with E-state index in [1.165, 1.54) is 4.90 Å². The number of para-hydroxylation sites is 2. The lowest BCUT2D eigenvalue weighted by atomic mass is 9.81. The Morgan fingerprint density at radius 1 is 1.00 bits per heavy atom. The minimum Gasteiger partial charge on any atom is -0.397 e. The van der Waals surface area contributed by atoms with Crippen molar-refractivity contribution in [2.24, 2.45) is 11.8 Å². The zero-order chi connectivity index (χ0) is 14.4. The summed E-state index contributed by atoms with van der Waals surface area (Å²) < 4.78 is 0. The highest BCUT2D eigenvalue weighted by Gasteiger charge is 2.52. The number of carbonyl (C=O) groups excluding carboxylic acids is 2. The largest absolute Gasteiger partial charge is 0.397 e. The van der Waals surface area contributed by atoms with E-state index in [-0.39, 0.29) is 33.3 Å². The molecular weight excluding hydrogens is 388 g/mol. The van der Waals surface area contributed by atoms with Crippen LogP contribution in [-0.4, -0.2) is 21.5 Å². The molecule has 4 nitrogen and oxygen atoms in total. The molecule has 1 aliphatic heterocycles. The van der Waals surface area contributed by atoms with Gasteiger partial charge in [-0.05, 0) is 25.0 Å². The summed E-state index contributed by atoms with van der Waals surface area (Å²) in [7, 11) is 0. The van der Waals surface area contributed by atoms with Gasteiger partial charge in [0.05, 0.1) is 23.2 Å². The Bertz CT molecular complexity index is 550. The van der Waals surface area contributed by atoms with E-state index >= 15 is 0 Å². The molecule has 1 aliphatic carbocycles. The van der Waals surface area contributed by atoms with Crippen molar-refractivity contribution in [2.45, 2.75) is 22.5 Å². The molecule has 1 saturated carbocycles. The first-order valence-corrected chi connectivity index (χ1v) is 8.34. The SMILES string of the molecule is Nc1ccccc1N1C(=O)[C@H]2C[C@@H](Br)[C@@H](Br)C[C@H]2C1=O. The van der Waals surface area contributed by atoms with E-state index in [9.17, 15) is 9.59 Å². The Morgan fingerprint density at radius 3 is 2.00 bits per heavy atom. The molecule has 1 aromatic rings. The zero-order valence-electron chi connectivity index (χ0n) is 10.6. The van der Waals surface area contributed by atoms with Gasteiger partial charge in [0.2, 0.25) is 11.8 Å². The Kier molecular flexibility index (Phi) is 3.62. The predicted molar refractivity (Wildman–Crippen MR) is 85.0 cm³/mol. The van der Waals surface area contributed by atoms with Crippen LogP contribution in [0.5, 0.6) is 0 Å². The molecule has 2 N–H and O–H groups in total. The molecule has 0 bridgehead atoms. The van der Waals surface area contributed by atoms with Crippen LogP contribution in [-0.2, 0) is 9.59 Å². The molecule has 2 amide bonds. The first-order chi connectivity index (χ1) is 9.50. The molecule has 3 rings (SSSR count). The Morgan fingerprint density at radius 2 is 1.50 bits per heavy atom. The second kappa shape index (κ2) is 5.15. The number of amides is 2. The number of benzene rings is 1. The smallest absolute Gasteiger partial charge is 0.237 e. The first-order valence-electron chi connectivity index (χ1n) is 6.51. The van der Waals surface area contributed by atoms with Crippen molar-refractivity contribution in [3.05, 3.63) is 24.3 Å². The van der Waals surface area contributed by atoms with E-state index in [0.717, 1.165) is 0 Å². The number of alkyl halides is 2. The highest BCUT2D eigenvalue weighted by Crippen LogP contribution is 2.45. The van der Waals surface area contributed by atoms with Crippen LogP contribution in [0.3, 0.4) is 0 Å². The second-order valence-electron chi connectivity index (χ2n) is 5.29. The number of halogens is 2. The lowest BCUT2D eigenvalue weighted by Gasteiger charge is -2.29. The highest BCUT2D eigenvalue weighted by molar-refractivity contribution is 9.12. The monoisotopic (exact) mass is 400 g/mol. The van der Waals surface area contributed by atoms with Crippen molar-refractivity contribution in [1.82, 2.24) is 0 Å². The topological polar surface area (TPSA) is 63.4 Å². The third-order valence-electron chi connectivity index (χ3n) is 4.09. The summed E-state index contributed by atoms with van der Waals surface area (Å²) in [6.07, 6.45) is 1.35. The van der Waals surface area contributed by atoms with Crippen LogP contribution in [0.15, 0.2) is 24.3 Å². The molecule has 1 saturated heterocycles. The minimum atomic E-state index is -0.236. The maximum absolute atomic E-state index is 12.6. The molecule has 2 aliphatic rings. The van der Waals surface area contributed by atoms with Crippen LogP contribution in [0.25, 0.3) is 0 Å². The van der Waals surface area contributed by atoms with Crippen molar-refractivity contribution >= 4 is 55.0 Å². The van der Waals surface area contributed by atoms with Crippen LogP contribution in [0.2, 0.25) is 0 Å². The van der Waals surface area contributed by atoms with Crippen molar-refractivity contribution < 1.29 is 9.59 Å². The summed E-state index contributed by atoms with van der Waals surface area (Å²) in [5.74, 6) is -0.718. The Hall–Kier alpha value is -0.880. The fourth-order valence-corrected chi connectivity index (χ4v) is 4.26. The van der Waals surface area contributed by atoms with E-state index in [2.05, 4.69) is 31.9 Å². The number of nitrogens with two attached hydrogens (primary N) is 1. The fourth-order valence-electron chi connectivity index (χ4n) is 3.02. The van der Waals surface area contributed by atoms with E-state index in [1.807, 2.05) is 0 Å². The molecular formula is C14H14Br2N2O2. The molecule has 0 unspecified atom stereocenters. The molecule has 1 heterocycles. The van der Waals surface area contributed by atoms with Crippen LogP contribution < -0.4 is 10.6 Å². The van der Waals surface area contributed by atoms with E-state index in [1.54, 1.807) is 24.3 Å². The van der Waals surface area contributed by atoms with Crippen LogP contribution >= 0.6 is 31.9 Å². The molecule has 4 atom stereocenters. The van der Waals surface area contributed by atoms with Gasteiger partial charge >= 0.3 is 0 Å². The van der Waals surface area contributed by atoms with Gasteiger partial charge in [-0.25, -0.2) is 4.90 Å². The number of hydrogen-bond donors (Lipinski definition) is 1. The molecule has 0 aromatic heterocycles. The second-order valence-corrected chi connectivity index (χ2v) is 7.64. The van der Waals surface area contributed by atoms with Crippen molar-refractivity contribution in [3.8, 4) is 0 Å². The predicted octanol–water partition coefficient (Wildman–Crippen LogP) is 2.70. The number of nitrogens with zero attached hydrogens (tertiary/aromatic N) is 1. The number of rotatable bonds is 1. The summed E-state index contributed by atoms with van der Waals surface area (Å²) in [6, 6.07) is 7.01. The summed E-state index contributed by atoms with van der Waals surface area (Å²) in [6.45, 7) is 0. The van der Waals surface area contributed by atoms with Gasteiger partial charge < -0.3 is 5.73 Å². The maximum Gasteiger partial charge on any atom is 0.237 e. The molecule has 106 valence electrons. The molecule has 6 heteroatoms. The molecule has 20 heavy (non-hydrogen) atoms. The van der Waals surface area contributed by atoms with E-state index in [4.69, 9.17) is 5.73 Å². The number of hydrogen-bond acceptors (Lipinski definition) is 3. The summed E-state index contributed by atoms with van der Waals surface area (Å²) in [4.78, 5) is 26.8. The van der Waals surface area contributed by atoms with Crippen molar-refractivity contribution in [3.63, 3.8) is 0 Å². The average Bonchev–Trinajstić information content (AvgIpc) is 2.64. The summed E-state index contributed by atoms with van der Waals surface area (Å²) >= 11 is 7.15. The number of nitrogen functional groups attached to an aromatic ring is 1. The van der Waals surface area contributed by atoms with Gasteiger partial charge in [0.1, 0.15) is 0 Å². The summed E-state index contributed by atoms with van der Waals surface area (Å²) in [5, 5.41) is 0. The third kappa shape index (κ3) is 2.09. The number of anilines is 2. The minimum absolute atomic E-state index is 0.123. The van der Waals surface area contributed by atoms with Crippen molar-refractivity contribution in [2.75, 3.05) is 10.6 Å². The van der Waals surface area contributed by atoms with Gasteiger partial charge in [-0.15, -0.1) is 0 Å². The van der Waals surface area contributed by atoms with Crippen molar-refractivity contribution in [1.29, 1.82) is 0 Å². The number of imide groups is 1. The normalized spacial score (nSPS) is 33.4. The maximum atomic E-state index is 12.6. The molecule has 0 radical (unpaired) electrons. The van der Waals surface area contributed by atoms with E-state index in [0.29, 0.717) is 24.2 Å². The average molecular weight is 402 g/mol. The quantitative estimate of drug-likeness (QED) is 0.447. The Balaban J connectivity index is 1.97. The summed E-state index contributed by atoms with van der Waals surface area (Å²) in [5.41, 5.74) is 6.87. The number of carbonyl (C=O) groups is 2. The standard InChI is InChI=1S/C14H14Br2N2O2/c15-9-5-7-8(6-10(9)16)14(20)18(13(7)19)12-4-2-1-3-11(12)17/h1-4,7-10H,5-6,17H2/t7-,8+,9+,10-. The van der Waals surface area contributed by atoms with Gasteiger partial charge in [-0.2, -0.15) is 0 Å². The van der Waals surface area contributed by atoms with Gasteiger partial charge in [-0.1, -0.05) is 44.0 Å².